The number of rotatable bonds is 6. The largest absolute Gasteiger partial charge is 0.266 e. The van der Waals surface area contributed by atoms with Crippen LogP contribution in [0.5, 0.6) is 0 Å². The highest BCUT2D eigenvalue weighted by Crippen LogP contribution is 2.06. The smallest absolute Gasteiger partial charge is 0.257 e. The van der Waals surface area contributed by atoms with E-state index in [0.717, 1.165) is 11.8 Å². The molecule has 1 aromatic heterocycles. The van der Waals surface area contributed by atoms with Crippen LogP contribution in [0.25, 0.3) is 0 Å². The summed E-state index contributed by atoms with van der Waals surface area (Å²) in [4.78, 5) is 0. The molecular formula is C8H14BrN3O2S. The van der Waals surface area contributed by atoms with E-state index in [4.69, 9.17) is 0 Å². The van der Waals surface area contributed by atoms with Crippen molar-refractivity contribution in [1.82, 2.24) is 14.9 Å². The maximum atomic E-state index is 11.6. The van der Waals surface area contributed by atoms with Crippen LogP contribution in [0, 0.1) is 5.92 Å². The maximum absolute atomic E-state index is 11.6. The molecule has 0 aliphatic carbocycles. The summed E-state index contributed by atoms with van der Waals surface area (Å²) in [6, 6.07) is 1.43. The van der Waals surface area contributed by atoms with Gasteiger partial charge in [-0.1, -0.05) is 22.9 Å². The number of nitrogens with one attached hydrogen (secondary N) is 2. The molecule has 0 amide bonds. The molecule has 86 valence electrons. The molecule has 1 aromatic rings. The Morgan fingerprint density at radius 3 is 2.93 bits per heavy atom. The molecule has 1 unspecified atom stereocenters. The maximum Gasteiger partial charge on any atom is 0.257 e. The lowest BCUT2D eigenvalue weighted by Gasteiger charge is -2.10. The monoisotopic (exact) mass is 295 g/mol. The lowest BCUT2D eigenvalue weighted by molar-refractivity contribution is 0.530. The van der Waals surface area contributed by atoms with Gasteiger partial charge in [0, 0.05) is 11.9 Å². The number of nitrogens with zero attached hydrogens (tertiary/aromatic N) is 1. The van der Waals surface area contributed by atoms with Crippen LogP contribution in [0.4, 0.5) is 0 Å². The Labute approximate surface area is 97.8 Å². The Balaban J connectivity index is 2.52. The summed E-state index contributed by atoms with van der Waals surface area (Å²) in [5.74, 6) is 0.307. The molecule has 0 radical (unpaired) electrons. The summed E-state index contributed by atoms with van der Waals surface area (Å²) < 4.78 is 25.7. The van der Waals surface area contributed by atoms with E-state index in [9.17, 15) is 8.42 Å². The standard InChI is InChI=1S/C8H14BrN3O2S/c1-7(2-4-9)6-11-15(13,14)8-3-5-10-12-8/h3,5,7,11H,2,4,6H2,1H3,(H,10,12). The van der Waals surface area contributed by atoms with Crippen molar-refractivity contribution in [3.63, 3.8) is 0 Å². The number of aromatic amines is 1. The van der Waals surface area contributed by atoms with Crippen molar-refractivity contribution in [1.29, 1.82) is 0 Å². The molecule has 1 atom stereocenters. The molecule has 0 fully saturated rings. The molecular weight excluding hydrogens is 282 g/mol. The first-order valence-electron chi connectivity index (χ1n) is 4.61. The van der Waals surface area contributed by atoms with Gasteiger partial charge < -0.3 is 0 Å². The third kappa shape index (κ3) is 3.92. The number of alkyl halides is 1. The van der Waals surface area contributed by atoms with Crippen molar-refractivity contribution < 1.29 is 8.42 Å². The second-order valence-corrected chi connectivity index (χ2v) is 5.88. The number of hydrogen-bond donors (Lipinski definition) is 2. The normalized spacial score (nSPS) is 14.0. The average Bonchev–Trinajstić information content (AvgIpc) is 2.69. The van der Waals surface area contributed by atoms with Gasteiger partial charge in [0.15, 0.2) is 5.03 Å². The van der Waals surface area contributed by atoms with Crippen LogP contribution in [0.1, 0.15) is 13.3 Å². The molecule has 0 aromatic carbocycles. The highest BCUT2D eigenvalue weighted by molar-refractivity contribution is 9.09. The molecule has 15 heavy (non-hydrogen) atoms. The first-order chi connectivity index (χ1) is 7.06. The fourth-order valence-electron chi connectivity index (χ4n) is 1.01. The van der Waals surface area contributed by atoms with Gasteiger partial charge in [0.2, 0.25) is 0 Å². The Morgan fingerprint density at radius 2 is 2.40 bits per heavy atom. The predicted octanol–water partition coefficient (Wildman–Crippen LogP) is 1.11. The minimum absolute atomic E-state index is 0.105. The van der Waals surface area contributed by atoms with Crippen LogP contribution in [0.15, 0.2) is 17.3 Å². The molecule has 0 saturated carbocycles. The summed E-state index contributed by atoms with van der Waals surface area (Å²) in [6.07, 6.45) is 2.35. The third-order valence-corrected chi connectivity index (χ3v) is 3.80. The lowest BCUT2D eigenvalue weighted by atomic mass is 10.1. The van der Waals surface area contributed by atoms with Crippen molar-refractivity contribution in [3.8, 4) is 0 Å². The van der Waals surface area contributed by atoms with Gasteiger partial charge in [0.25, 0.3) is 10.0 Å². The fourth-order valence-corrected chi connectivity index (χ4v) is 2.86. The Morgan fingerprint density at radius 1 is 1.67 bits per heavy atom. The molecule has 1 rings (SSSR count). The zero-order valence-corrected chi connectivity index (χ0v) is 10.8. The molecule has 2 N–H and O–H groups in total. The van der Waals surface area contributed by atoms with Gasteiger partial charge in [-0.2, -0.15) is 5.10 Å². The number of hydrogen-bond acceptors (Lipinski definition) is 3. The third-order valence-electron chi connectivity index (χ3n) is 1.99. The number of halogens is 1. The van der Waals surface area contributed by atoms with Gasteiger partial charge in [-0.3, -0.25) is 5.10 Å². The Bertz CT molecular complexity index is 377. The number of sulfonamides is 1. The van der Waals surface area contributed by atoms with E-state index in [1.54, 1.807) is 0 Å². The summed E-state index contributed by atoms with van der Waals surface area (Å²) in [5.41, 5.74) is 0. The molecule has 0 aliphatic heterocycles. The second kappa shape index (κ2) is 5.62. The van der Waals surface area contributed by atoms with Gasteiger partial charge in [0.05, 0.1) is 6.20 Å². The molecule has 7 heteroatoms. The van der Waals surface area contributed by atoms with Crippen LogP contribution >= 0.6 is 15.9 Å². The van der Waals surface area contributed by atoms with Crippen LogP contribution in [0.3, 0.4) is 0 Å². The van der Waals surface area contributed by atoms with E-state index < -0.39 is 10.0 Å². The van der Waals surface area contributed by atoms with E-state index >= 15 is 0 Å². The van der Waals surface area contributed by atoms with Crippen molar-refractivity contribution in [2.45, 2.75) is 18.4 Å². The van der Waals surface area contributed by atoms with E-state index in [2.05, 4.69) is 30.8 Å². The van der Waals surface area contributed by atoms with E-state index in [1.807, 2.05) is 6.92 Å². The molecule has 1 heterocycles. The second-order valence-electron chi connectivity index (χ2n) is 3.36. The van der Waals surface area contributed by atoms with E-state index in [-0.39, 0.29) is 5.03 Å². The summed E-state index contributed by atoms with van der Waals surface area (Å²) in [7, 11) is -3.41. The highest BCUT2D eigenvalue weighted by atomic mass is 79.9. The average molecular weight is 296 g/mol. The molecule has 5 nitrogen and oxygen atoms in total. The van der Waals surface area contributed by atoms with Crippen LogP contribution in [-0.2, 0) is 10.0 Å². The van der Waals surface area contributed by atoms with Gasteiger partial charge in [-0.25, -0.2) is 13.1 Å². The van der Waals surface area contributed by atoms with Gasteiger partial charge in [0.1, 0.15) is 0 Å². The van der Waals surface area contributed by atoms with Gasteiger partial charge in [-0.05, 0) is 18.4 Å². The topological polar surface area (TPSA) is 74.8 Å². The molecule has 0 saturated heterocycles. The zero-order chi connectivity index (χ0) is 11.3. The quantitative estimate of drug-likeness (QED) is 0.772. The Hall–Kier alpha value is -0.400. The van der Waals surface area contributed by atoms with Crippen LogP contribution < -0.4 is 4.72 Å². The number of aromatic nitrogens is 2. The van der Waals surface area contributed by atoms with Crippen molar-refractivity contribution in [2.75, 3.05) is 11.9 Å². The summed E-state index contributed by atoms with van der Waals surface area (Å²) in [6.45, 7) is 2.43. The zero-order valence-electron chi connectivity index (χ0n) is 8.40. The molecule has 0 spiro atoms. The molecule has 0 aliphatic rings. The Kier molecular flexibility index (Phi) is 4.75. The van der Waals surface area contributed by atoms with Crippen molar-refractivity contribution in [3.05, 3.63) is 12.3 Å². The SMILES string of the molecule is CC(CCBr)CNS(=O)(=O)c1ccn[nH]1. The minimum atomic E-state index is -3.41. The van der Waals surface area contributed by atoms with Gasteiger partial charge >= 0.3 is 0 Å². The minimum Gasteiger partial charge on any atom is -0.266 e. The van der Waals surface area contributed by atoms with E-state index in [1.165, 1.54) is 12.3 Å². The lowest BCUT2D eigenvalue weighted by Crippen LogP contribution is -2.28. The first-order valence-corrected chi connectivity index (χ1v) is 7.21. The van der Waals surface area contributed by atoms with Gasteiger partial charge in [-0.15, -0.1) is 0 Å². The van der Waals surface area contributed by atoms with Crippen molar-refractivity contribution >= 4 is 26.0 Å². The first kappa shape index (κ1) is 12.7. The summed E-state index contributed by atoms with van der Waals surface area (Å²) >= 11 is 3.32. The fraction of sp³-hybridized carbons (Fsp3) is 0.625. The number of H-pyrrole nitrogens is 1. The molecule has 0 bridgehead atoms. The van der Waals surface area contributed by atoms with Crippen LogP contribution in [-0.4, -0.2) is 30.5 Å². The van der Waals surface area contributed by atoms with Crippen molar-refractivity contribution in [2.24, 2.45) is 5.92 Å². The van der Waals surface area contributed by atoms with E-state index in [0.29, 0.717) is 12.5 Å². The highest BCUT2D eigenvalue weighted by Gasteiger charge is 2.15. The van der Waals surface area contributed by atoms with Crippen LogP contribution in [0.2, 0.25) is 0 Å². The summed E-state index contributed by atoms with van der Waals surface area (Å²) in [5, 5.41) is 7.00. The predicted molar refractivity (Wildman–Crippen MR) is 61.4 cm³/mol.